The first-order valence-electron chi connectivity index (χ1n) is 6.00. The number of pyridine rings is 1. The second kappa shape index (κ2) is 7.53. The summed E-state index contributed by atoms with van der Waals surface area (Å²) in [5.74, 6) is -0.0288. The number of esters is 1. The summed E-state index contributed by atoms with van der Waals surface area (Å²) in [7, 11) is 0. The van der Waals surface area contributed by atoms with Crippen LogP contribution < -0.4 is 10.3 Å². The van der Waals surface area contributed by atoms with Gasteiger partial charge >= 0.3 is 5.97 Å². The highest BCUT2D eigenvalue weighted by molar-refractivity contribution is 5.78. The van der Waals surface area contributed by atoms with Gasteiger partial charge in [0, 0.05) is 12.3 Å². The van der Waals surface area contributed by atoms with Gasteiger partial charge < -0.3 is 14.5 Å². The molecule has 0 unspecified atom stereocenters. The van der Waals surface area contributed by atoms with E-state index in [-0.39, 0.29) is 5.56 Å². The van der Waals surface area contributed by atoms with Crippen molar-refractivity contribution in [2.24, 2.45) is 0 Å². The van der Waals surface area contributed by atoms with Crippen LogP contribution >= 0.6 is 0 Å². The largest absolute Gasteiger partial charge is 0.475 e. The molecular weight excluding hydrogens is 234 g/mol. The molecule has 1 rings (SSSR count). The van der Waals surface area contributed by atoms with Crippen LogP contribution in [0.4, 0.5) is 0 Å². The third kappa shape index (κ3) is 5.03. The van der Waals surface area contributed by atoms with Gasteiger partial charge in [0.1, 0.15) is 5.75 Å². The molecule has 0 fully saturated rings. The lowest BCUT2D eigenvalue weighted by atomic mass is 10.1. The Bertz CT molecular complexity index is 403. The number of aromatic amines is 1. The fourth-order valence-corrected chi connectivity index (χ4v) is 1.10. The second-order valence-corrected chi connectivity index (χ2v) is 3.72. The molecule has 0 amide bonds. The summed E-state index contributed by atoms with van der Waals surface area (Å²) < 4.78 is 10.3. The zero-order valence-corrected chi connectivity index (χ0v) is 11.6. The molecule has 1 N–H and O–H groups in total. The number of rotatable bonds is 4. The van der Waals surface area contributed by atoms with Crippen LogP contribution in [-0.4, -0.2) is 23.2 Å². The summed E-state index contributed by atoms with van der Waals surface area (Å²) in [6.07, 6.45) is 1.41. The van der Waals surface area contributed by atoms with E-state index < -0.39 is 11.6 Å². The molecule has 18 heavy (non-hydrogen) atoms. The molecule has 0 saturated carbocycles. The van der Waals surface area contributed by atoms with Crippen molar-refractivity contribution in [1.82, 2.24) is 4.98 Å². The molecule has 1 heterocycles. The van der Waals surface area contributed by atoms with Crippen LogP contribution in [0.2, 0.25) is 0 Å². The van der Waals surface area contributed by atoms with Gasteiger partial charge in [0.05, 0.1) is 6.61 Å². The minimum Gasteiger partial charge on any atom is -0.475 e. The first-order valence-corrected chi connectivity index (χ1v) is 6.00. The molecule has 102 valence electrons. The Hall–Kier alpha value is -1.78. The van der Waals surface area contributed by atoms with Gasteiger partial charge in [0.25, 0.3) is 0 Å². The highest BCUT2D eigenvalue weighted by atomic mass is 16.6. The molecule has 0 bridgehead atoms. The molecule has 0 saturated heterocycles. The van der Waals surface area contributed by atoms with E-state index in [1.54, 1.807) is 20.8 Å². The number of hydrogen-bond acceptors (Lipinski definition) is 4. The number of aromatic nitrogens is 1. The SMILES string of the molecule is CC.CCOC(=O)C(C)(C)Oc1ccc(=O)[nH]c1. The van der Waals surface area contributed by atoms with Crippen LogP contribution in [-0.2, 0) is 9.53 Å². The molecule has 0 atom stereocenters. The normalized spacial score (nSPS) is 10.1. The Balaban J connectivity index is 0.00000137. The minimum atomic E-state index is -1.08. The molecule has 1 aromatic heterocycles. The lowest BCUT2D eigenvalue weighted by molar-refractivity contribution is -0.158. The zero-order chi connectivity index (χ0) is 14.2. The van der Waals surface area contributed by atoms with Gasteiger partial charge in [-0.1, -0.05) is 13.8 Å². The molecule has 0 aliphatic heterocycles. The van der Waals surface area contributed by atoms with Crippen molar-refractivity contribution in [2.45, 2.75) is 40.2 Å². The van der Waals surface area contributed by atoms with Crippen molar-refractivity contribution < 1.29 is 14.3 Å². The predicted octanol–water partition coefficient (Wildman–Crippen LogP) is 2.12. The molecule has 5 heteroatoms. The Labute approximate surface area is 107 Å². The molecule has 1 aromatic rings. The van der Waals surface area contributed by atoms with Crippen LogP contribution in [0.15, 0.2) is 23.1 Å². The zero-order valence-electron chi connectivity index (χ0n) is 11.6. The Morgan fingerprint density at radius 3 is 2.39 bits per heavy atom. The minimum absolute atomic E-state index is 0.221. The van der Waals surface area contributed by atoms with Crippen molar-refractivity contribution in [3.63, 3.8) is 0 Å². The van der Waals surface area contributed by atoms with Gasteiger partial charge in [-0.25, -0.2) is 4.79 Å². The van der Waals surface area contributed by atoms with Gasteiger partial charge in [-0.2, -0.15) is 0 Å². The molecule has 0 radical (unpaired) electrons. The number of hydrogen-bond donors (Lipinski definition) is 1. The number of carbonyl (C=O) groups is 1. The molecule has 0 aromatic carbocycles. The van der Waals surface area contributed by atoms with Crippen LogP contribution in [0, 0.1) is 0 Å². The molecular formula is C13H21NO4. The summed E-state index contributed by atoms with van der Waals surface area (Å²) in [4.78, 5) is 24.8. The Kier molecular flexibility index (Phi) is 6.78. The average molecular weight is 255 g/mol. The van der Waals surface area contributed by atoms with E-state index in [0.29, 0.717) is 12.4 Å². The van der Waals surface area contributed by atoms with Crippen molar-refractivity contribution >= 4 is 5.97 Å². The van der Waals surface area contributed by atoms with Crippen LogP contribution in [0.3, 0.4) is 0 Å². The lowest BCUT2D eigenvalue weighted by Crippen LogP contribution is -2.39. The average Bonchev–Trinajstić information content (AvgIpc) is 2.35. The van der Waals surface area contributed by atoms with Crippen LogP contribution in [0.25, 0.3) is 0 Å². The van der Waals surface area contributed by atoms with E-state index in [1.165, 1.54) is 18.3 Å². The lowest BCUT2D eigenvalue weighted by Gasteiger charge is -2.23. The Morgan fingerprint density at radius 1 is 1.33 bits per heavy atom. The summed E-state index contributed by atoms with van der Waals surface area (Å²) in [5.41, 5.74) is -1.30. The molecule has 0 spiro atoms. The molecule has 0 aliphatic carbocycles. The molecule has 5 nitrogen and oxygen atoms in total. The van der Waals surface area contributed by atoms with E-state index in [1.807, 2.05) is 13.8 Å². The van der Waals surface area contributed by atoms with Crippen molar-refractivity contribution in [3.05, 3.63) is 28.7 Å². The van der Waals surface area contributed by atoms with Crippen molar-refractivity contribution in [1.29, 1.82) is 0 Å². The first kappa shape index (κ1) is 16.2. The number of nitrogens with one attached hydrogen (secondary N) is 1. The van der Waals surface area contributed by atoms with Gasteiger partial charge in [-0.15, -0.1) is 0 Å². The summed E-state index contributed by atoms with van der Waals surface area (Å²) in [6, 6.07) is 2.83. The predicted molar refractivity (Wildman–Crippen MR) is 69.8 cm³/mol. The first-order chi connectivity index (χ1) is 8.45. The maximum absolute atomic E-state index is 11.5. The maximum Gasteiger partial charge on any atom is 0.349 e. The summed E-state index contributed by atoms with van der Waals surface area (Å²) in [5, 5.41) is 0. The maximum atomic E-state index is 11.5. The summed E-state index contributed by atoms with van der Waals surface area (Å²) in [6.45, 7) is 9.25. The standard InChI is InChI=1S/C11H15NO4.C2H6/c1-4-15-10(14)11(2,3)16-8-5-6-9(13)12-7-8;1-2/h5-7H,4H2,1-3H3,(H,12,13);1-2H3. The highest BCUT2D eigenvalue weighted by Gasteiger charge is 2.31. The third-order valence-corrected chi connectivity index (χ3v) is 1.90. The smallest absolute Gasteiger partial charge is 0.349 e. The topological polar surface area (TPSA) is 68.4 Å². The monoisotopic (exact) mass is 255 g/mol. The fourth-order valence-electron chi connectivity index (χ4n) is 1.10. The Morgan fingerprint density at radius 2 is 1.94 bits per heavy atom. The quantitative estimate of drug-likeness (QED) is 0.837. The van der Waals surface area contributed by atoms with E-state index in [0.717, 1.165) is 0 Å². The van der Waals surface area contributed by atoms with E-state index in [9.17, 15) is 9.59 Å². The van der Waals surface area contributed by atoms with E-state index in [2.05, 4.69) is 4.98 Å². The van der Waals surface area contributed by atoms with Crippen LogP contribution in [0.5, 0.6) is 5.75 Å². The van der Waals surface area contributed by atoms with Crippen molar-refractivity contribution in [3.8, 4) is 5.75 Å². The second-order valence-electron chi connectivity index (χ2n) is 3.72. The molecule has 0 aliphatic rings. The summed E-state index contributed by atoms with van der Waals surface area (Å²) >= 11 is 0. The highest BCUT2D eigenvalue weighted by Crippen LogP contribution is 2.17. The number of H-pyrrole nitrogens is 1. The number of carbonyl (C=O) groups excluding carboxylic acids is 1. The third-order valence-electron chi connectivity index (χ3n) is 1.90. The van der Waals surface area contributed by atoms with Gasteiger partial charge in [-0.3, -0.25) is 4.79 Å². The van der Waals surface area contributed by atoms with E-state index >= 15 is 0 Å². The van der Waals surface area contributed by atoms with Gasteiger partial charge in [0.2, 0.25) is 5.56 Å². The van der Waals surface area contributed by atoms with E-state index in [4.69, 9.17) is 9.47 Å². The van der Waals surface area contributed by atoms with Gasteiger partial charge in [0.15, 0.2) is 5.60 Å². The van der Waals surface area contributed by atoms with Crippen molar-refractivity contribution in [2.75, 3.05) is 6.61 Å². The van der Waals surface area contributed by atoms with Crippen LogP contribution in [0.1, 0.15) is 34.6 Å². The van der Waals surface area contributed by atoms with Gasteiger partial charge in [-0.05, 0) is 26.8 Å². The number of ether oxygens (including phenoxy) is 2. The fraction of sp³-hybridized carbons (Fsp3) is 0.538.